The summed E-state index contributed by atoms with van der Waals surface area (Å²) < 4.78 is 59.8. The van der Waals surface area contributed by atoms with Crippen molar-refractivity contribution in [3.8, 4) is 0 Å². The van der Waals surface area contributed by atoms with Gasteiger partial charge in [-0.2, -0.15) is 0 Å². The van der Waals surface area contributed by atoms with Crippen LogP contribution in [0, 0.1) is 0 Å². The van der Waals surface area contributed by atoms with E-state index in [-0.39, 0.29) is 26.1 Å². The molecule has 3 unspecified atom stereocenters. The van der Waals surface area contributed by atoms with Gasteiger partial charge in [-0.05, 0) is 12.8 Å². The topological polar surface area (TPSA) is 184 Å². The fourth-order valence-corrected chi connectivity index (χ4v) is 10.1. The number of hydrogen-bond acceptors (Lipinski definition) is 11. The Balaban J connectivity index is 5.43. The molecule has 0 radical (unpaired) electrons. The Kier molecular flexibility index (Phi) is 44.7. The normalized spacial score (nSPS) is 15.3. The average molecular weight is 1070 g/mol. The van der Waals surface area contributed by atoms with E-state index in [0.29, 0.717) is 34.9 Å². The van der Waals surface area contributed by atoms with Crippen molar-refractivity contribution >= 4 is 27.4 Å². The number of carbonyl (C=O) groups is 2. The van der Waals surface area contributed by atoms with Gasteiger partial charge in [-0.15, -0.1) is 0 Å². The van der Waals surface area contributed by atoms with E-state index in [2.05, 4.69) is 13.8 Å². The van der Waals surface area contributed by atoms with E-state index in [1.165, 1.54) is 154 Å². The smallest absolute Gasteiger partial charge is 0.457 e. The predicted octanol–water partition coefficient (Wildman–Crippen LogP) is 13.6. The Labute approximate surface area is 441 Å². The van der Waals surface area contributed by atoms with Gasteiger partial charge in [-0.3, -0.25) is 27.7 Å². The fraction of sp³-hybridized carbons (Fsp3) is 0.964. The maximum atomic E-state index is 13.9. The molecule has 0 rings (SSSR count). The minimum atomic E-state index is -4.77. The molecule has 0 aliphatic rings. The number of aliphatic hydroxyl groups excluding tert-OH is 1. The van der Waals surface area contributed by atoms with Crippen LogP contribution in [0.1, 0.15) is 239 Å². The van der Waals surface area contributed by atoms with Gasteiger partial charge in [-0.25, -0.2) is 9.13 Å². The fourth-order valence-electron chi connectivity index (χ4n) is 8.42. The van der Waals surface area contributed by atoms with Gasteiger partial charge in [-0.1, -0.05) is 213 Å². The van der Waals surface area contributed by atoms with Crippen LogP contribution in [0.3, 0.4) is 0 Å². The third-order valence-corrected chi connectivity index (χ3v) is 15.1. The van der Waals surface area contributed by atoms with Gasteiger partial charge in [0.15, 0.2) is 5.78 Å². The number of quaternary nitrogens is 2. The van der Waals surface area contributed by atoms with Crippen molar-refractivity contribution in [3.63, 3.8) is 0 Å². The molecule has 0 saturated carbocycles. The van der Waals surface area contributed by atoms with E-state index in [1.54, 1.807) is 0 Å². The van der Waals surface area contributed by atoms with Gasteiger partial charge in [0.25, 0.3) is 0 Å². The third-order valence-electron chi connectivity index (χ3n) is 13.1. The highest BCUT2D eigenvalue weighted by atomic mass is 31.2. The molecule has 0 saturated heterocycles. The molecule has 0 aliphatic heterocycles. The van der Waals surface area contributed by atoms with Crippen molar-refractivity contribution in [2.24, 2.45) is 0 Å². The number of ether oxygens (including phenoxy) is 2. The number of Topliss-reactive ketones (excluding diaryl/α,β-unsaturated/α-hetero) is 1. The lowest BCUT2D eigenvalue weighted by Gasteiger charge is -2.29. The predicted molar refractivity (Wildman–Crippen MR) is 293 cm³/mol. The monoisotopic (exact) mass is 1070 g/mol. The summed E-state index contributed by atoms with van der Waals surface area (Å²) in [5.41, 5.74) is 0. The van der Waals surface area contributed by atoms with Crippen LogP contribution in [0.2, 0.25) is 0 Å². The maximum absolute atomic E-state index is 13.9. The summed E-state index contributed by atoms with van der Waals surface area (Å²) in [5.74, 6) is -1.04. The highest BCUT2D eigenvalue weighted by Crippen LogP contribution is 2.46. The van der Waals surface area contributed by atoms with E-state index in [9.17, 15) is 33.6 Å². The van der Waals surface area contributed by atoms with Crippen LogP contribution in [0.15, 0.2) is 0 Å². The highest BCUT2D eigenvalue weighted by Gasteiger charge is 2.37. The Morgan fingerprint density at radius 3 is 1.14 bits per heavy atom. The number of aliphatic hydroxyl groups is 1. The number of ketones is 1. The zero-order valence-electron chi connectivity index (χ0n) is 47.6. The van der Waals surface area contributed by atoms with Gasteiger partial charge in [0, 0.05) is 12.8 Å². The SMILES string of the molecule is CCCCCCCCCCCCCCCCCCCC(=O)O[C@@H](COC(C(=O)CCCCCCCCCCCCCCCCCC)[C@H](CO)OP(=O)(O)OCC[N+](C)(C)C)COP(=O)(O)OCC[N+](C)(C)C. The first-order valence-corrected chi connectivity index (χ1v) is 32.1. The maximum Gasteiger partial charge on any atom is 0.472 e. The quantitative estimate of drug-likeness (QED) is 0.0226. The third kappa shape index (κ3) is 47.6. The Morgan fingerprint density at radius 1 is 0.458 bits per heavy atom. The number of phosphoric ester groups is 2. The second kappa shape index (κ2) is 45.2. The van der Waals surface area contributed by atoms with Gasteiger partial charge < -0.3 is 33.3 Å². The number of hydrogen-bond donors (Lipinski definition) is 3. The number of nitrogens with zero attached hydrogens (tertiary/aromatic N) is 2. The number of phosphoric acid groups is 2. The summed E-state index contributed by atoms with van der Waals surface area (Å²) in [4.78, 5) is 48.3. The van der Waals surface area contributed by atoms with Crippen LogP contribution in [0.5, 0.6) is 0 Å². The molecule has 5 atom stereocenters. The molecule has 0 aromatic carbocycles. The summed E-state index contributed by atoms with van der Waals surface area (Å²) in [6, 6.07) is 0. The van der Waals surface area contributed by atoms with E-state index in [4.69, 9.17) is 27.6 Å². The van der Waals surface area contributed by atoms with Crippen molar-refractivity contribution in [1.29, 1.82) is 0 Å². The molecule has 0 bridgehead atoms. The van der Waals surface area contributed by atoms with Crippen LogP contribution in [0.4, 0.5) is 0 Å². The van der Waals surface area contributed by atoms with Crippen molar-refractivity contribution < 1.29 is 70.1 Å². The summed E-state index contributed by atoms with van der Waals surface area (Å²) >= 11 is 0. The average Bonchev–Trinajstić information content (AvgIpc) is 3.30. The molecule has 17 heteroatoms. The molecule has 0 amide bonds. The zero-order chi connectivity index (χ0) is 53.8. The van der Waals surface area contributed by atoms with Crippen LogP contribution in [-0.2, 0) is 46.3 Å². The van der Waals surface area contributed by atoms with E-state index in [0.717, 1.165) is 44.9 Å². The van der Waals surface area contributed by atoms with Crippen molar-refractivity contribution in [2.75, 3.05) is 88.4 Å². The second-order valence-electron chi connectivity index (χ2n) is 22.5. The molecule has 0 aromatic heterocycles. The molecule has 3 N–H and O–H groups in total. The van der Waals surface area contributed by atoms with Crippen LogP contribution in [-0.4, -0.2) is 142 Å². The van der Waals surface area contributed by atoms with Crippen LogP contribution in [0.25, 0.3) is 0 Å². The summed E-state index contributed by atoms with van der Waals surface area (Å²) in [6.45, 7) is 3.17. The summed E-state index contributed by atoms with van der Waals surface area (Å²) in [7, 11) is 2.05. The Hall–Kier alpha value is -0.800. The molecular weight excluding hydrogens is 959 g/mol. The van der Waals surface area contributed by atoms with Crippen molar-refractivity contribution in [2.45, 2.75) is 257 Å². The molecule has 430 valence electrons. The molecular formula is C55H114N2O13P2+2. The Bertz CT molecular complexity index is 1380. The van der Waals surface area contributed by atoms with Gasteiger partial charge in [0.1, 0.15) is 44.6 Å². The highest BCUT2D eigenvalue weighted by molar-refractivity contribution is 7.47. The van der Waals surface area contributed by atoms with Gasteiger partial charge in [0.2, 0.25) is 0 Å². The summed E-state index contributed by atoms with van der Waals surface area (Å²) in [5, 5.41) is 10.5. The van der Waals surface area contributed by atoms with E-state index < -0.39 is 65.5 Å². The first kappa shape index (κ1) is 71.2. The molecule has 0 aliphatic carbocycles. The second-order valence-corrected chi connectivity index (χ2v) is 25.4. The molecule has 0 fully saturated rings. The lowest BCUT2D eigenvalue weighted by molar-refractivity contribution is -0.870. The number of carbonyl (C=O) groups excluding carboxylic acids is 2. The lowest BCUT2D eigenvalue weighted by Crippen LogP contribution is -2.43. The van der Waals surface area contributed by atoms with Crippen molar-refractivity contribution in [3.05, 3.63) is 0 Å². The minimum Gasteiger partial charge on any atom is -0.457 e. The van der Waals surface area contributed by atoms with Crippen LogP contribution >= 0.6 is 15.6 Å². The first-order valence-electron chi connectivity index (χ1n) is 29.1. The molecule has 15 nitrogen and oxygen atoms in total. The van der Waals surface area contributed by atoms with Crippen molar-refractivity contribution in [1.82, 2.24) is 0 Å². The number of unbranched alkanes of at least 4 members (excludes halogenated alkanes) is 31. The van der Waals surface area contributed by atoms with Gasteiger partial charge >= 0.3 is 21.6 Å². The summed E-state index contributed by atoms with van der Waals surface area (Å²) in [6.07, 6.45) is 35.2. The minimum absolute atomic E-state index is 0.0489. The molecule has 72 heavy (non-hydrogen) atoms. The number of likely N-dealkylation sites (N-methyl/N-ethyl adjacent to an activating group) is 2. The zero-order valence-corrected chi connectivity index (χ0v) is 49.4. The van der Waals surface area contributed by atoms with E-state index >= 15 is 0 Å². The molecule has 0 aromatic rings. The Morgan fingerprint density at radius 2 is 0.792 bits per heavy atom. The lowest BCUT2D eigenvalue weighted by atomic mass is 10.0. The van der Waals surface area contributed by atoms with Gasteiger partial charge in [0.05, 0.1) is 62.1 Å². The molecule has 0 heterocycles. The number of esters is 1. The standard InChI is InChI=1S/C55H112N2O13P2/c1-9-11-13-15-17-19-21-23-25-27-29-31-33-35-37-39-41-43-54(60)69-51(50-68-71(61,62)66-46-44-56(3,4)5)49-65-55(53(48-58)70-72(63,64)67-47-45-57(6,7)8)52(59)42-40-38-36-34-32-30-28-26-24-22-20-18-16-14-12-10-2/h51,53,55,58H,9-50H2,1-8H3/p+2/t51-,53-,55?/m0/s1. The largest absolute Gasteiger partial charge is 0.472 e. The van der Waals surface area contributed by atoms with E-state index in [1.807, 2.05) is 42.3 Å². The first-order chi connectivity index (χ1) is 34.2. The molecule has 0 spiro atoms. The van der Waals surface area contributed by atoms with Crippen LogP contribution < -0.4 is 0 Å². The number of rotatable bonds is 55.